The summed E-state index contributed by atoms with van der Waals surface area (Å²) in [7, 11) is 0. The van der Waals surface area contributed by atoms with E-state index in [9.17, 15) is 0 Å². The molecular weight excluding hydrogens is 116 g/mol. The zero-order chi connectivity index (χ0) is 5.82. The van der Waals surface area contributed by atoms with Crippen LogP contribution in [0.15, 0.2) is 12.7 Å². The summed E-state index contributed by atoms with van der Waals surface area (Å²) in [6.07, 6.45) is 2.12. The Morgan fingerprint density at radius 3 is 2.89 bits per heavy atom. The Balaban J connectivity index is 0.000000640. The van der Waals surface area contributed by atoms with Crippen LogP contribution in [0, 0.1) is 0 Å². The first-order valence-electron chi connectivity index (χ1n) is 2.73. The SMILES string of the molecule is C.C=CCOCC1CO1. The van der Waals surface area contributed by atoms with Gasteiger partial charge in [-0.1, -0.05) is 13.5 Å². The van der Waals surface area contributed by atoms with E-state index in [1.54, 1.807) is 6.08 Å². The quantitative estimate of drug-likeness (QED) is 0.324. The summed E-state index contributed by atoms with van der Waals surface area (Å²) in [6.45, 7) is 5.75. The molecule has 1 heterocycles. The second-order valence-corrected chi connectivity index (χ2v) is 1.78. The highest BCUT2D eigenvalue weighted by molar-refractivity contribution is 4.70. The highest BCUT2D eigenvalue weighted by atomic mass is 16.6. The van der Waals surface area contributed by atoms with Crippen LogP contribution in [-0.4, -0.2) is 25.9 Å². The Bertz CT molecular complexity index is 77.0. The largest absolute Gasteiger partial charge is 0.375 e. The average Bonchev–Trinajstić information content (AvgIpc) is 2.51. The molecule has 2 heteroatoms. The van der Waals surface area contributed by atoms with Gasteiger partial charge in [0, 0.05) is 0 Å². The molecule has 0 N–H and O–H groups in total. The van der Waals surface area contributed by atoms with Crippen LogP contribution in [-0.2, 0) is 9.47 Å². The Labute approximate surface area is 56.5 Å². The van der Waals surface area contributed by atoms with Crippen LogP contribution in [0.2, 0.25) is 0 Å². The van der Waals surface area contributed by atoms with Crippen molar-refractivity contribution >= 4 is 0 Å². The van der Waals surface area contributed by atoms with Crippen molar-refractivity contribution in [3.8, 4) is 0 Å². The standard InChI is InChI=1S/C6H10O2.CH4/c1-2-3-7-4-6-5-8-6;/h2,6H,1,3-5H2;1H4. The van der Waals surface area contributed by atoms with Gasteiger partial charge in [0.2, 0.25) is 0 Å². The number of hydrogen-bond donors (Lipinski definition) is 0. The smallest absolute Gasteiger partial charge is 0.104 e. The van der Waals surface area contributed by atoms with Gasteiger partial charge in [0.25, 0.3) is 0 Å². The van der Waals surface area contributed by atoms with Gasteiger partial charge in [-0.3, -0.25) is 0 Å². The van der Waals surface area contributed by atoms with Gasteiger partial charge in [-0.25, -0.2) is 0 Å². The van der Waals surface area contributed by atoms with Crippen LogP contribution in [0.4, 0.5) is 0 Å². The molecule has 0 amide bonds. The second kappa shape index (κ2) is 4.53. The molecule has 0 spiro atoms. The first kappa shape index (κ1) is 8.66. The summed E-state index contributed by atoms with van der Waals surface area (Å²) in [5.41, 5.74) is 0. The highest BCUT2D eigenvalue weighted by Crippen LogP contribution is 2.07. The third kappa shape index (κ3) is 4.18. The lowest BCUT2D eigenvalue weighted by molar-refractivity contribution is 0.141. The van der Waals surface area contributed by atoms with Crippen molar-refractivity contribution < 1.29 is 9.47 Å². The molecule has 54 valence electrons. The van der Waals surface area contributed by atoms with Crippen molar-refractivity contribution in [2.45, 2.75) is 13.5 Å². The monoisotopic (exact) mass is 130 g/mol. The summed E-state index contributed by atoms with van der Waals surface area (Å²) >= 11 is 0. The average molecular weight is 130 g/mol. The minimum absolute atomic E-state index is 0. The fourth-order valence-corrected chi connectivity index (χ4v) is 0.447. The molecule has 1 atom stereocenters. The normalized spacial score (nSPS) is 22.4. The molecule has 1 aliphatic rings. The van der Waals surface area contributed by atoms with Crippen LogP contribution in [0.25, 0.3) is 0 Å². The van der Waals surface area contributed by atoms with E-state index in [0.29, 0.717) is 12.7 Å². The van der Waals surface area contributed by atoms with Crippen LogP contribution in [0.5, 0.6) is 0 Å². The van der Waals surface area contributed by atoms with Gasteiger partial charge in [0.05, 0.1) is 19.8 Å². The van der Waals surface area contributed by atoms with Gasteiger partial charge in [0.15, 0.2) is 0 Å². The number of hydrogen-bond acceptors (Lipinski definition) is 2. The van der Waals surface area contributed by atoms with Gasteiger partial charge < -0.3 is 9.47 Å². The molecule has 1 saturated heterocycles. The summed E-state index contributed by atoms with van der Waals surface area (Å²) in [5, 5.41) is 0. The Morgan fingerprint density at radius 2 is 2.44 bits per heavy atom. The second-order valence-electron chi connectivity index (χ2n) is 1.78. The van der Waals surface area contributed by atoms with E-state index in [0.717, 1.165) is 13.2 Å². The predicted octanol–water partition coefficient (Wildman–Crippen LogP) is 1.22. The first-order chi connectivity index (χ1) is 3.93. The molecule has 0 bridgehead atoms. The zero-order valence-electron chi connectivity index (χ0n) is 4.80. The van der Waals surface area contributed by atoms with Crippen molar-refractivity contribution in [1.82, 2.24) is 0 Å². The zero-order valence-corrected chi connectivity index (χ0v) is 4.80. The van der Waals surface area contributed by atoms with Gasteiger partial charge >= 0.3 is 0 Å². The lowest BCUT2D eigenvalue weighted by Crippen LogP contribution is -2.00. The van der Waals surface area contributed by atoms with Gasteiger partial charge in [-0.2, -0.15) is 0 Å². The van der Waals surface area contributed by atoms with Gasteiger partial charge in [0.1, 0.15) is 6.10 Å². The summed E-state index contributed by atoms with van der Waals surface area (Å²) in [5.74, 6) is 0. The number of rotatable bonds is 4. The fourth-order valence-electron chi connectivity index (χ4n) is 0.447. The van der Waals surface area contributed by atoms with E-state index in [4.69, 9.17) is 9.47 Å². The van der Waals surface area contributed by atoms with Crippen LogP contribution < -0.4 is 0 Å². The van der Waals surface area contributed by atoms with Gasteiger partial charge in [-0.05, 0) is 0 Å². The molecule has 1 fully saturated rings. The predicted molar refractivity (Wildman–Crippen MR) is 37.5 cm³/mol. The Morgan fingerprint density at radius 1 is 1.78 bits per heavy atom. The maximum absolute atomic E-state index is 5.06. The molecule has 1 unspecified atom stereocenters. The van der Waals surface area contributed by atoms with Crippen LogP contribution in [0.3, 0.4) is 0 Å². The van der Waals surface area contributed by atoms with Crippen LogP contribution in [0.1, 0.15) is 7.43 Å². The molecule has 1 aliphatic heterocycles. The summed E-state index contributed by atoms with van der Waals surface area (Å²) < 4.78 is 9.96. The minimum Gasteiger partial charge on any atom is -0.375 e. The summed E-state index contributed by atoms with van der Waals surface area (Å²) in [6, 6.07) is 0. The lowest BCUT2D eigenvalue weighted by Gasteiger charge is -1.92. The maximum Gasteiger partial charge on any atom is 0.104 e. The third-order valence-corrected chi connectivity index (χ3v) is 0.942. The number of epoxide rings is 1. The van der Waals surface area contributed by atoms with Crippen molar-refractivity contribution in [3.63, 3.8) is 0 Å². The molecule has 0 saturated carbocycles. The molecule has 1 rings (SSSR count). The maximum atomic E-state index is 5.06. The van der Waals surface area contributed by atoms with Crippen molar-refractivity contribution in [3.05, 3.63) is 12.7 Å². The lowest BCUT2D eigenvalue weighted by atomic mass is 10.5. The van der Waals surface area contributed by atoms with E-state index in [-0.39, 0.29) is 7.43 Å². The van der Waals surface area contributed by atoms with E-state index in [1.165, 1.54) is 0 Å². The molecule has 0 aliphatic carbocycles. The van der Waals surface area contributed by atoms with Crippen molar-refractivity contribution in [2.75, 3.05) is 19.8 Å². The van der Waals surface area contributed by atoms with E-state index in [2.05, 4.69) is 6.58 Å². The first-order valence-corrected chi connectivity index (χ1v) is 2.73. The molecule has 0 aromatic heterocycles. The highest BCUT2D eigenvalue weighted by Gasteiger charge is 2.21. The summed E-state index contributed by atoms with van der Waals surface area (Å²) in [4.78, 5) is 0. The Hall–Kier alpha value is -0.340. The minimum atomic E-state index is 0. The fraction of sp³-hybridized carbons (Fsp3) is 0.714. The van der Waals surface area contributed by atoms with E-state index >= 15 is 0 Å². The molecule has 0 aromatic rings. The van der Waals surface area contributed by atoms with Crippen molar-refractivity contribution in [2.24, 2.45) is 0 Å². The molecule has 0 radical (unpaired) electrons. The van der Waals surface area contributed by atoms with Crippen molar-refractivity contribution in [1.29, 1.82) is 0 Å². The molecule has 0 aromatic carbocycles. The molecule has 2 nitrogen and oxygen atoms in total. The molecular formula is C7H14O2. The van der Waals surface area contributed by atoms with E-state index in [1.807, 2.05) is 0 Å². The van der Waals surface area contributed by atoms with E-state index < -0.39 is 0 Å². The molecule has 9 heavy (non-hydrogen) atoms. The van der Waals surface area contributed by atoms with Gasteiger partial charge in [-0.15, -0.1) is 6.58 Å². The third-order valence-electron chi connectivity index (χ3n) is 0.942. The number of ether oxygens (including phenoxy) is 2. The Kier molecular flexibility index (Phi) is 4.36. The topological polar surface area (TPSA) is 21.8 Å². The van der Waals surface area contributed by atoms with Crippen LogP contribution >= 0.6 is 0 Å².